The second-order valence-electron chi connectivity index (χ2n) is 8.86. The van der Waals surface area contributed by atoms with Gasteiger partial charge in [-0.05, 0) is 61.4 Å². The summed E-state index contributed by atoms with van der Waals surface area (Å²) < 4.78 is 7.14. The highest BCUT2D eigenvalue weighted by Gasteiger charge is 2.29. The third kappa shape index (κ3) is 5.97. The molecule has 10 heteroatoms. The van der Waals surface area contributed by atoms with Crippen molar-refractivity contribution in [2.24, 2.45) is 5.92 Å². The summed E-state index contributed by atoms with van der Waals surface area (Å²) in [6, 6.07) is 14.5. The minimum atomic E-state index is -0.238. The molecule has 4 aromatic rings. The summed E-state index contributed by atoms with van der Waals surface area (Å²) in [6.45, 7) is 0.616. The van der Waals surface area contributed by atoms with E-state index >= 15 is 0 Å². The quantitative estimate of drug-likeness (QED) is 0.279. The standard InChI is InChI=1S/C27H27N5O4S/c1-36-22-10-6-17(7-11-22)23-15-32-21(16-37-27(32)31-23)14-24(33)28-12-13-29-25(34)18-4-8-20(9-5-18)30-26(35)19-2-3-19/h4-11,15-16,19H,2-3,12-14H2,1H3,(H,28,33)(H,29,34)(H,30,35). The fourth-order valence-corrected chi connectivity index (χ4v) is 4.73. The van der Waals surface area contributed by atoms with E-state index in [0.717, 1.165) is 40.5 Å². The fourth-order valence-electron chi connectivity index (χ4n) is 3.86. The van der Waals surface area contributed by atoms with Crippen LogP contribution in [0.15, 0.2) is 60.1 Å². The number of aromatic nitrogens is 2. The lowest BCUT2D eigenvalue weighted by Crippen LogP contribution is -2.35. The molecule has 190 valence electrons. The highest BCUT2D eigenvalue weighted by Crippen LogP contribution is 2.30. The van der Waals surface area contributed by atoms with Crippen molar-refractivity contribution in [3.63, 3.8) is 0 Å². The molecule has 2 aromatic carbocycles. The first-order valence-corrected chi connectivity index (χ1v) is 12.9. The van der Waals surface area contributed by atoms with Crippen LogP contribution in [0.3, 0.4) is 0 Å². The number of ether oxygens (including phenoxy) is 1. The molecule has 0 spiro atoms. The van der Waals surface area contributed by atoms with Crippen LogP contribution < -0.4 is 20.7 Å². The van der Waals surface area contributed by atoms with Crippen LogP contribution in [-0.4, -0.2) is 47.3 Å². The van der Waals surface area contributed by atoms with Crippen LogP contribution in [0.4, 0.5) is 5.69 Å². The first kappa shape index (κ1) is 24.5. The van der Waals surface area contributed by atoms with E-state index in [2.05, 4.69) is 20.9 Å². The minimum Gasteiger partial charge on any atom is -0.497 e. The Hall–Kier alpha value is -4.18. The van der Waals surface area contributed by atoms with Gasteiger partial charge in [-0.2, -0.15) is 0 Å². The zero-order chi connectivity index (χ0) is 25.8. The average molecular weight is 518 g/mol. The number of amides is 3. The summed E-state index contributed by atoms with van der Waals surface area (Å²) in [5, 5.41) is 10.4. The molecule has 1 saturated carbocycles. The first-order chi connectivity index (χ1) is 18.0. The molecule has 1 aliphatic rings. The van der Waals surface area contributed by atoms with Crippen LogP contribution >= 0.6 is 11.3 Å². The number of methoxy groups -OCH3 is 1. The third-order valence-corrected chi connectivity index (χ3v) is 7.00. The smallest absolute Gasteiger partial charge is 0.251 e. The summed E-state index contributed by atoms with van der Waals surface area (Å²) in [7, 11) is 1.63. The molecular formula is C27H27N5O4S. The van der Waals surface area contributed by atoms with E-state index in [0.29, 0.717) is 24.3 Å². The summed E-state index contributed by atoms with van der Waals surface area (Å²) in [6.07, 6.45) is 4.02. The maximum Gasteiger partial charge on any atom is 0.251 e. The maximum absolute atomic E-state index is 12.5. The van der Waals surface area contributed by atoms with Crippen molar-refractivity contribution in [2.45, 2.75) is 19.3 Å². The van der Waals surface area contributed by atoms with E-state index in [1.807, 2.05) is 40.2 Å². The second kappa shape index (κ2) is 10.8. The second-order valence-corrected chi connectivity index (χ2v) is 9.69. The van der Waals surface area contributed by atoms with Crippen LogP contribution in [0.1, 0.15) is 28.9 Å². The van der Waals surface area contributed by atoms with E-state index in [-0.39, 0.29) is 30.1 Å². The number of imidazole rings is 1. The third-order valence-electron chi connectivity index (χ3n) is 6.11. The molecule has 0 saturated heterocycles. The number of benzene rings is 2. The van der Waals surface area contributed by atoms with Gasteiger partial charge in [0.1, 0.15) is 5.75 Å². The largest absolute Gasteiger partial charge is 0.497 e. The molecule has 0 unspecified atom stereocenters. The van der Waals surface area contributed by atoms with Crippen LogP contribution in [0.5, 0.6) is 5.75 Å². The van der Waals surface area contributed by atoms with Crippen molar-refractivity contribution in [3.05, 3.63) is 71.4 Å². The van der Waals surface area contributed by atoms with Gasteiger partial charge >= 0.3 is 0 Å². The summed E-state index contributed by atoms with van der Waals surface area (Å²) in [5.41, 5.74) is 3.82. The van der Waals surface area contributed by atoms with Crippen LogP contribution in [0.2, 0.25) is 0 Å². The highest BCUT2D eigenvalue weighted by molar-refractivity contribution is 7.15. The van der Waals surface area contributed by atoms with Gasteiger partial charge in [0.25, 0.3) is 5.91 Å². The van der Waals surface area contributed by atoms with Gasteiger partial charge in [-0.15, -0.1) is 11.3 Å². The van der Waals surface area contributed by atoms with Gasteiger partial charge in [-0.25, -0.2) is 4.98 Å². The lowest BCUT2D eigenvalue weighted by Gasteiger charge is -2.08. The highest BCUT2D eigenvalue weighted by atomic mass is 32.1. The predicted octanol–water partition coefficient (Wildman–Crippen LogP) is 3.51. The average Bonchev–Trinajstić information content (AvgIpc) is 3.59. The van der Waals surface area contributed by atoms with Gasteiger partial charge in [-0.1, -0.05) is 0 Å². The van der Waals surface area contributed by atoms with Gasteiger partial charge in [0.15, 0.2) is 4.96 Å². The van der Waals surface area contributed by atoms with Crippen LogP contribution in [0.25, 0.3) is 16.2 Å². The number of carbonyl (C=O) groups excluding carboxylic acids is 3. The van der Waals surface area contributed by atoms with Crippen molar-refractivity contribution < 1.29 is 19.1 Å². The van der Waals surface area contributed by atoms with Gasteiger partial charge in [0.2, 0.25) is 11.8 Å². The number of anilines is 1. The molecule has 3 amide bonds. The summed E-state index contributed by atoms with van der Waals surface area (Å²) >= 11 is 1.48. The van der Waals surface area contributed by atoms with Crippen molar-refractivity contribution in [2.75, 3.05) is 25.5 Å². The van der Waals surface area contributed by atoms with E-state index < -0.39 is 0 Å². The molecule has 0 atom stereocenters. The van der Waals surface area contributed by atoms with Gasteiger partial charge in [0.05, 0.1) is 19.2 Å². The molecular weight excluding hydrogens is 490 g/mol. The zero-order valence-electron chi connectivity index (χ0n) is 20.3. The lowest BCUT2D eigenvalue weighted by molar-refractivity contribution is -0.120. The summed E-state index contributed by atoms with van der Waals surface area (Å²) in [4.78, 5) is 42.2. The summed E-state index contributed by atoms with van der Waals surface area (Å²) in [5.74, 6) is 0.565. The Morgan fingerprint density at radius 3 is 2.46 bits per heavy atom. The Balaban J connectivity index is 1.08. The number of rotatable bonds is 10. The van der Waals surface area contributed by atoms with Crippen LogP contribution in [0, 0.1) is 5.92 Å². The van der Waals surface area contributed by atoms with Gasteiger partial charge in [-0.3, -0.25) is 18.8 Å². The Labute approximate surface area is 217 Å². The molecule has 3 N–H and O–H groups in total. The minimum absolute atomic E-state index is 0.0295. The maximum atomic E-state index is 12.5. The van der Waals surface area contributed by atoms with Crippen molar-refractivity contribution in [1.29, 1.82) is 0 Å². The molecule has 37 heavy (non-hydrogen) atoms. The lowest BCUT2D eigenvalue weighted by atomic mass is 10.2. The monoisotopic (exact) mass is 517 g/mol. The Morgan fingerprint density at radius 2 is 1.76 bits per heavy atom. The Bertz CT molecular complexity index is 1420. The number of nitrogens with one attached hydrogen (secondary N) is 3. The Morgan fingerprint density at radius 1 is 1.03 bits per heavy atom. The normalized spacial score (nSPS) is 12.8. The van der Waals surface area contributed by atoms with Gasteiger partial charge in [0, 0.05) is 53.1 Å². The van der Waals surface area contributed by atoms with Crippen molar-refractivity contribution in [1.82, 2.24) is 20.0 Å². The molecule has 9 nitrogen and oxygen atoms in total. The SMILES string of the molecule is COc1ccc(-c2cn3c(CC(=O)NCCNC(=O)c4ccc(NC(=O)C5CC5)cc4)csc3n2)cc1. The number of fused-ring (bicyclic) bond motifs is 1. The molecule has 0 bridgehead atoms. The predicted molar refractivity (Wildman–Crippen MR) is 142 cm³/mol. The molecule has 2 heterocycles. The number of hydrogen-bond donors (Lipinski definition) is 3. The van der Waals surface area contributed by atoms with Crippen molar-refractivity contribution >= 4 is 39.7 Å². The topological polar surface area (TPSA) is 114 Å². The zero-order valence-corrected chi connectivity index (χ0v) is 21.1. The van der Waals surface area contributed by atoms with Crippen molar-refractivity contribution in [3.8, 4) is 17.0 Å². The fraction of sp³-hybridized carbons (Fsp3) is 0.259. The Kier molecular flexibility index (Phi) is 7.18. The van der Waals surface area contributed by atoms with E-state index in [9.17, 15) is 14.4 Å². The van der Waals surface area contributed by atoms with E-state index in [1.54, 1.807) is 31.4 Å². The molecule has 5 rings (SSSR count). The molecule has 1 aliphatic carbocycles. The first-order valence-electron chi connectivity index (χ1n) is 12.1. The number of hydrogen-bond acceptors (Lipinski definition) is 6. The number of carbonyl (C=O) groups is 3. The molecule has 0 aliphatic heterocycles. The number of thiazole rings is 1. The molecule has 2 aromatic heterocycles. The molecule has 1 fully saturated rings. The van der Waals surface area contributed by atoms with E-state index in [1.165, 1.54) is 11.3 Å². The van der Waals surface area contributed by atoms with E-state index in [4.69, 9.17) is 4.74 Å². The van der Waals surface area contributed by atoms with Gasteiger partial charge < -0.3 is 20.7 Å². The van der Waals surface area contributed by atoms with Crippen LogP contribution in [-0.2, 0) is 16.0 Å². The number of nitrogens with zero attached hydrogens (tertiary/aromatic N) is 2. The molecule has 0 radical (unpaired) electrons.